The van der Waals surface area contributed by atoms with Gasteiger partial charge in [0.25, 0.3) is 0 Å². The van der Waals surface area contributed by atoms with E-state index in [2.05, 4.69) is 18.8 Å². The van der Waals surface area contributed by atoms with Crippen LogP contribution in [0.4, 0.5) is 0 Å². The fourth-order valence-electron chi connectivity index (χ4n) is 1.37. The van der Waals surface area contributed by atoms with Gasteiger partial charge in [0, 0.05) is 18.0 Å². The number of pyridine rings is 1. The van der Waals surface area contributed by atoms with Gasteiger partial charge in [-0.15, -0.1) is 11.6 Å². The van der Waals surface area contributed by atoms with E-state index < -0.39 is 0 Å². The average molecular weight is 232 g/mol. The minimum Gasteiger partial charge on any atom is -0.260 e. The molecule has 0 aromatic carbocycles. The van der Waals surface area contributed by atoms with Crippen LogP contribution in [0.25, 0.3) is 0 Å². The van der Waals surface area contributed by atoms with E-state index in [-0.39, 0.29) is 5.38 Å². The monoisotopic (exact) mass is 231 g/mol. The first-order valence-corrected chi connectivity index (χ1v) is 5.64. The number of hydrogen-bond donors (Lipinski definition) is 0. The molecule has 1 unspecified atom stereocenters. The van der Waals surface area contributed by atoms with Crippen molar-refractivity contribution in [2.75, 3.05) is 0 Å². The first-order valence-electron chi connectivity index (χ1n) is 4.83. The summed E-state index contributed by atoms with van der Waals surface area (Å²) < 4.78 is 0. The number of nitrogens with zero attached hydrogens (tertiary/aromatic N) is 1. The zero-order valence-corrected chi connectivity index (χ0v) is 10.0. The molecule has 0 aliphatic heterocycles. The van der Waals surface area contributed by atoms with Crippen LogP contribution >= 0.6 is 23.2 Å². The highest BCUT2D eigenvalue weighted by molar-refractivity contribution is 6.31. The second-order valence-corrected chi connectivity index (χ2v) is 4.89. The van der Waals surface area contributed by atoms with Crippen molar-refractivity contribution < 1.29 is 0 Å². The fraction of sp³-hybridized carbons (Fsp3) is 0.545. The Bertz CT molecular complexity index is 286. The molecule has 0 N–H and O–H groups in total. The molecular formula is C11H15Cl2N. The van der Waals surface area contributed by atoms with E-state index in [0.717, 1.165) is 18.5 Å². The van der Waals surface area contributed by atoms with Gasteiger partial charge in [-0.1, -0.05) is 25.4 Å². The van der Waals surface area contributed by atoms with Crippen LogP contribution in [0.2, 0.25) is 5.02 Å². The third kappa shape index (κ3) is 3.85. The zero-order valence-electron chi connectivity index (χ0n) is 8.50. The van der Waals surface area contributed by atoms with Gasteiger partial charge in [-0.05, 0) is 24.5 Å². The largest absolute Gasteiger partial charge is 0.260 e. The summed E-state index contributed by atoms with van der Waals surface area (Å²) in [6, 6.07) is 3.68. The minimum absolute atomic E-state index is 0.127. The van der Waals surface area contributed by atoms with E-state index in [1.807, 2.05) is 12.1 Å². The summed E-state index contributed by atoms with van der Waals surface area (Å²) in [6.45, 7) is 4.32. The van der Waals surface area contributed by atoms with E-state index in [4.69, 9.17) is 23.2 Å². The Morgan fingerprint density at radius 1 is 1.43 bits per heavy atom. The van der Waals surface area contributed by atoms with Crippen molar-refractivity contribution in [3.63, 3.8) is 0 Å². The van der Waals surface area contributed by atoms with Crippen LogP contribution in [-0.4, -0.2) is 10.4 Å². The number of rotatable bonds is 4. The summed E-state index contributed by atoms with van der Waals surface area (Å²) in [5.41, 5.74) is 0.898. The molecule has 1 atom stereocenters. The normalized spacial score (nSPS) is 13.2. The number of alkyl halides is 1. The van der Waals surface area contributed by atoms with Crippen molar-refractivity contribution in [2.24, 2.45) is 5.92 Å². The standard InChI is InChI=1S/C11H15Cl2N/c1-8(2)6-9(12)7-11-10(13)4-3-5-14-11/h3-5,8-9H,6-7H2,1-2H3. The Morgan fingerprint density at radius 3 is 2.71 bits per heavy atom. The molecular weight excluding hydrogens is 217 g/mol. The van der Waals surface area contributed by atoms with Gasteiger partial charge in [0.05, 0.1) is 10.7 Å². The highest BCUT2D eigenvalue weighted by Gasteiger charge is 2.11. The molecule has 0 amide bonds. The maximum Gasteiger partial charge on any atom is 0.0622 e. The van der Waals surface area contributed by atoms with E-state index in [1.165, 1.54) is 0 Å². The summed E-state index contributed by atoms with van der Waals surface area (Å²) in [6.07, 6.45) is 3.49. The molecule has 0 aliphatic carbocycles. The lowest BCUT2D eigenvalue weighted by atomic mass is 10.0. The van der Waals surface area contributed by atoms with Crippen LogP contribution in [0, 0.1) is 5.92 Å². The molecule has 1 heterocycles. The van der Waals surface area contributed by atoms with Gasteiger partial charge in [0.1, 0.15) is 0 Å². The molecule has 3 heteroatoms. The third-order valence-electron chi connectivity index (χ3n) is 1.98. The predicted octanol–water partition coefficient (Wildman–Crippen LogP) is 3.93. The Labute approximate surface area is 95.4 Å². The minimum atomic E-state index is 0.127. The van der Waals surface area contributed by atoms with E-state index >= 15 is 0 Å². The van der Waals surface area contributed by atoms with Crippen molar-refractivity contribution in [3.8, 4) is 0 Å². The van der Waals surface area contributed by atoms with Gasteiger partial charge < -0.3 is 0 Å². The second-order valence-electron chi connectivity index (χ2n) is 3.86. The Hall–Kier alpha value is -0.270. The summed E-state index contributed by atoms with van der Waals surface area (Å²) >= 11 is 12.2. The number of aromatic nitrogens is 1. The number of hydrogen-bond acceptors (Lipinski definition) is 1. The fourth-order valence-corrected chi connectivity index (χ4v) is 2.07. The zero-order chi connectivity index (χ0) is 10.6. The Kier molecular flexibility index (Phi) is 4.70. The topological polar surface area (TPSA) is 12.9 Å². The summed E-state index contributed by atoms with van der Waals surface area (Å²) in [4.78, 5) is 4.21. The van der Waals surface area contributed by atoms with Gasteiger partial charge >= 0.3 is 0 Å². The molecule has 0 radical (unpaired) electrons. The molecule has 14 heavy (non-hydrogen) atoms. The highest BCUT2D eigenvalue weighted by atomic mass is 35.5. The SMILES string of the molecule is CC(C)CC(Cl)Cc1ncccc1Cl. The van der Waals surface area contributed by atoms with E-state index in [0.29, 0.717) is 10.9 Å². The first-order chi connectivity index (χ1) is 6.59. The first kappa shape index (κ1) is 11.8. The molecule has 0 fully saturated rings. The van der Waals surface area contributed by atoms with Crippen LogP contribution in [-0.2, 0) is 6.42 Å². The van der Waals surface area contributed by atoms with E-state index in [1.54, 1.807) is 6.20 Å². The molecule has 0 spiro atoms. The second kappa shape index (κ2) is 5.57. The van der Waals surface area contributed by atoms with Crippen LogP contribution in [0.3, 0.4) is 0 Å². The Morgan fingerprint density at radius 2 is 2.14 bits per heavy atom. The third-order valence-corrected chi connectivity index (χ3v) is 2.65. The lowest BCUT2D eigenvalue weighted by Gasteiger charge is -2.11. The number of halogens is 2. The quantitative estimate of drug-likeness (QED) is 0.716. The molecule has 0 aliphatic rings. The molecule has 0 bridgehead atoms. The molecule has 1 aromatic heterocycles. The van der Waals surface area contributed by atoms with Gasteiger partial charge in [0.2, 0.25) is 0 Å². The molecule has 1 rings (SSSR count). The van der Waals surface area contributed by atoms with Crippen molar-refractivity contribution >= 4 is 23.2 Å². The van der Waals surface area contributed by atoms with Gasteiger partial charge in [-0.25, -0.2) is 0 Å². The smallest absolute Gasteiger partial charge is 0.0622 e. The maximum absolute atomic E-state index is 6.18. The molecule has 1 nitrogen and oxygen atoms in total. The van der Waals surface area contributed by atoms with Crippen molar-refractivity contribution in [3.05, 3.63) is 29.0 Å². The summed E-state index contributed by atoms with van der Waals surface area (Å²) in [5.74, 6) is 0.611. The highest BCUT2D eigenvalue weighted by Crippen LogP contribution is 2.19. The van der Waals surface area contributed by atoms with Crippen molar-refractivity contribution in [2.45, 2.75) is 32.1 Å². The van der Waals surface area contributed by atoms with Crippen LogP contribution in [0.1, 0.15) is 26.0 Å². The van der Waals surface area contributed by atoms with Crippen molar-refractivity contribution in [1.82, 2.24) is 4.98 Å². The molecule has 0 saturated heterocycles. The van der Waals surface area contributed by atoms with Crippen LogP contribution in [0.5, 0.6) is 0 Å². The van der Waals surface area contributed by atoms with Crippen LogP contribution < -0.4 is 0 Å². The van der Waals surface area contributed by atoms with Gasteiger partial charge in [-0.2, -0.15) is 0 Å². The van der Waals surface area contributed by atoms with Crippen LogP contribution in [0.15, 0.2) is 18.3 Å². The summed E-state index contributed by atoms with van der Waals surface area (Å²) in [5, 5.41) is 0.837. The predicted molar refractivity (Wildman–Crippen MR) is 62.0 cm³/mol. The average Bonchev–Trinajstić information content (AvgIpc) is 2.07. The lowest BCUT2D eigenvalue weighted by Crippen LogP contribution is -2.08. The lowest BCUT2D eigenvalue weighted by molar-refractivity contribution is 0.559. The summed E-state index contributed by atoms with van der Waals surface area (Å²) in [7, 11) is 0. The van der Waals surface area contributed by atoms with Gasteiger partial charge in [0.15, 0.2) is 0 Å². The van der Waals surface area contributed by atoms with Crippen molar-refractivity contribution in [1.29, 1.82) is 0 Å². The molecule has 0 saturated carbocycles. The molecule has 78 valence electrons. The maximum atomic E-state index is 6.18. The van der Waals surface area contributed by atoms with E-state index in [9.17, 15) is 0 Å². The van der Waals surface area contributed by atoms with Gasteiger partial charge in [-0.3, -0.25) is 4.98 Å². The Balaban J connectivity index is 2.56. The molecule has 1 aromatic rings.